The Hall–Kier alpha value is -3.13. The zero-order chi connectivity index (χ0) is 21.1. The van der Waals surface area contributed by atoms with Crippen LogP contribution in [-0.2, 0) is 0 Å². The van der Waals surface area contributed by atoms with E-state index in [0.29, 0.717) is 20.6 Å². The standard InChI is InChI=1S/C22H16BrN3O2S/c1-13-4-6-18(14(2)8-13)26-21(27)20(29-22(26)16(11-24)12-25)10-15-9-17(23)5-7-19(15)28-3/h4-10H,1-3H3/b20-10-. The van der Waals surface area contributed by atoms with Gasteiger partial charge in [0, 0.05) is 10.0 Å². The summed E-state index contributed by atoms with van der Waals surface area (Å²) in [7, 11) is 1.56. The molecule has 0 fully saturated rings. The summed E-state index contributed by atoms with van der Waals surface area (Å²) in [5.41, 5.74) is 2.92. The van der Waals surface area contributed by atoms with Crippen LogP contribution in [-0.4, -0.2) is 11.7 Å². The van der Waals surface area contributed by atoms with Gasteiger partial charge in [0.25, 0.3) is 5.56 Å². The van der Waals surface area contributed by atoms with Gasteiger partial charge in [-0.25, -0.2) is 0 Å². The van der Waals surface area contributed by atoms with Crippen molar-refractivity contribution >= 4 is 38.9 Å². The molecule has 0 spiro atoms. The predicted molar refractivity (Wildman–Crippen MR) is 118 cm³/mol. The van der Waals surface area contributed by atoms with Crippen molar-refractivity contribution in [1.29, 1.82) is 10.5 Å². The first kappa shape index (κ1) is 20.6. The van der Waals surface area contributed by atoms with Crippen LogP contribution in [0.1, 0.15) is 16.7 Å². The fourth-order valence-electron chi connectivity index (χ4n) is 3.00. The van der Waals surface area contributed by atoms with E-state index in [4.69, 9.17) is 4.74 Å². The molecule has 0 aliphatic heterocycles. The number of aromatic nitrogens is 1. The first-order valence-corrected chi connectivity index (χ1v) is 10.2. The molecule has 0 bridgehead atoms. The molecule has 0 saturated carbocycles. The van der Waals surface area contributed by atoms with Crippen LogP contribution in [0.3, 0.4) is 0 Å². The highest BCUT2D eigenvalue weighted by Crippen LogP contribution is 2.23. The van der Waals surface area contributed by atoms with E-state index in [1.54, 1.807) is 19.3 Å². The smallest absolute Gasteiger partial charge is 0.273 e. The summed E-state index contributed by atoms with van der Waals surface area (Å²) < 4.78 is 8.39. The molecule has 0 amide bonds. The van der Waals surface area contributed by atoms with E-state index in [2.05, 4.69) is 15.9 Å². The lowest BCUT2D eigenvalue weighted by atomic mass is 10.1. The van der Waals surface area contributed by atoms with Crippen molar-refractivity contribution in [3.05, 3.63) is 77.1 Å². The molecular formula is C22H16BrN3O2S. The van der Waals surface area contributed by atoms with E-state index in [1.165, 1.54) is 4.57 Å². The molecule has 0 saturated heterocycles. The third-order valence-electron chi connectivity index (χ3n) is 4.33. The molecule has 0 atom stereocenters. The quantitative estimate of drug-likeness (QED) is 0.594. The molecule has 0 aliphatic rings. The van der Waals surface area contributed by atoms with Gasteiger partial charge in [0.15, 0.2) is 5.57 Å². The number of benzene rings is 2. The van der Waals surface area contributed by atoms with Gasteiger partial charge in [-0.2, -0.15) is 10.5 Å². The van der Waals surface area contributed by atoms with Crippen molar-refractivity contribution in [3.63, 3.8) is 0 Å². The predicted octanol–water partition coefficient (Wildman–Crippen LogP) is 3.31. The van der Waals surface area contributed by atoms with Crippen LogP contribution in [0.5, 0.6) is 5.75 Å². The van der Waals surface area contributed by atoms with E-state index in [1.807, 2.05) is 56.3 Å². The van der Waals surface area contributed by atoms with Crippen molar-refractivity contribution < 1.29 is 4.74 Å². The number of aryl methyl sites for hydroxylation is 2. The molecule has 0 unspecified atom stereocenters. The Kier molecular flexibility index (Phi) is 6.03. The highest BCUT2D eigenvalue weighted by molar-refractivity contribution is 9.10. The lowest BCUT2D eigenvalue weighted by Gasteiger charge is -2.07. The maximum atomic E-state index is 13.3. The van der Waals surface area contributed by atoms with Crippen LogP contribution in [0.25, 0.3) is 17.3 Å². The van der Waals surface area contributed by atoms with Gasteiger partial charge in [-0.1, -0.05) is 33.6 Å². The molecule has 2 aromatic carbocycles. The molecule has 3 rings (SSSR count). The van der Waals surface area contributed by atoms with Gasteiger partial charge in [-0.15, -0.1) is 11.3 Å². The highest BCUT2D eigenvalue weighted by Gasteiger charge is 2.13. The maximum Gasteiger partial charge on any atom is 0.273 e. The van der Waals surface area contributed by atoms with Gasteiger partial charge in [0.1, 0.15) is 22.6 Å². The van der Waals surface area contributed by atoms with Crippen LogP contribution in [0, 0.1) is 36.5 Å². The van der Waals surface area contributed by atoms with Crippen LogP contribution >= 0.6 is 27.3 Å². The number of hydrogen-bond acceptors (Lipinski definition) is 5. The van der Waals surface area contributed by atoms with Crippen LogP contribution in [0.2, 0.25) is 0 Å². The molecule has 5 nitrogen and oxygen atoms in total. The Bertz CT molecular complexity index is 1350. The summed E-state index contributed by atoms with van der Waals surface area (Å²) in [6.07, 6.45) is 1.71. The van der Waals surface area contributed by atoms with Gasteiger partial charge in [-0.3, -0.25) is 9.36 Å². The number of thiazole rings is 1. The summed E-state index contributed by atoms with van der Waals surface area (Å²) in [5, 5.41) is 18.8. The summed E-state index contributed by atoms with van der Waals surface area (Å²) in [6, 6.07) is 15.0. The zero-order valence-electron chi connectivity index (χ0n) is 16.0. The zero-order valence-corrected chi connectivity index (χ0v) is 18.4. The number of ether oxygens (including phenoxy) is 1. The highest BCUT2D eigenvalue weighted by atomic mass is 79.9. The van der Waals surface area contributed by atoms with E-state index >= 15 is 0 Å². The number of nitriles is 2. The van der Waals surface area contributed by atoms with Crippen molar-refractivity contribution in [1.82, 2.24) is 4.57 Å². The molecule has 7 heteroatoms. The number of hydrogen-bond donors (Lipinski definition) is 0. The first-order chi connectivity index (χ1) is 13.9. The molecule has 0 N–H and O–H groups in total. The number of halogens is 1. The Labute approximate surface area is 180 Å². The second-order valence-corrected chi connectivity index (χ2v) is 8.28. The molecule has 0 radical (unpaired) electrons. The third-order valence-corrected chi connectivity index (χ3v) is 5.92. The molecule has 29 heavy (non-hydrogen) atoms. The monoisotopic (exact) mass is 465 g/mol. The molecule has 0 aliphatic carbocycles. The SMILES string of the molecule is COc1ccc(Br)cc1/C=c1\sc(=C(C#N)C#N)n(-c2ccc(C)cc2C)c1=O. The molecule has 144 valence electrons. The Morgan fingerprint density at radius 1 is 1.17 bits per heavy atom. The number of nitrogens with zero attached hydrogens (tertiary/aromatic N) is 3. The van der Waals surface area contributed by atoms with Gasteiger partial charge in [0.05, 0.1) is 17.3 Å². The molecule has 1 aromatic heterocycles. The number of rotatable bonds is 3. The minimum Gasteiger partial charge on any atom is -0.496 e. The van der Waals surface area contributed by atoms with E-state index in [-0.39, 0.29) is 11.1 Å². The minimum absolute atomic E-state index is 0.104. The topological polar surface area (TPSA) is 78.8 Å². The van der Waals surface area contributed by atoms with Crippen molar-refractivity contribution in [3.8, 4) is 23.6 Å². The Balaban J connectivity index is 2.44. The summed E-state index contributed by atoms with van der Waals surface area (Å²) in [4.78, 5) is 13.3. The third kappa shape index (κ3) is 4.02. The second kappa shape index (κ2) is 8.48. The van der Waals surface area contributed by atoms with Crippen molar-refractivity contribution in [2.24, 2.45) is 0 Å². The Morgan fingerprint density at radius 2 is 1.90 bits per heavy atom. The van der Waals surface area contributed by atoms with Gasteiger partial charge >= 0.3 is 0 Å². The van der Waals surface area contributed by atoms with E-state index in [0.717, 1.165) is 32.5 Å². The van der Waals surface area contributed by atoms with Crippen molar-refractivity contribution in [2.45, 2.75) is 13.8 Å². The molecule has 3 aromatic rings. The van der Waals surface area contributed by atoms with Crippen LogP contribution in [0.15, 0.2) is 45.7 Å². The van der Waals surface area contributed by atoms with Gasteiger partial charge < -0.3 is 4.74 Å². The fourth-order valence-corrected chi connectivity index (χ4v) is 4.42. The van der Waals surface area contributed by atoms with Crippen LogP contribution in [0.4, 0.5) is 0 Å². The Morgan fingerprint density at radius 3 is 2.52 bits per heavy atom. The summed E-state index contributed by atoms with van der Waals surface area (Å²) >= 11 is 4.54. The average molecular weight is 466 g/mol. The largest absolute Gasteiger partial charge is 0.496 e. The summed E-state index contributed by atoms with van der Waals surface area (Å²) in [5.74, 6) is 0.616. The minimum atomic E-state index is -0.290. The van der Waals surface area contributed by atoms with Gasteiger partial charge in [-0.05, 0) is 49.8 Å². The normalized spacial score (nSPS) is 11.0. The second-order valence-electron chi connectivity index (χ2n) is 6.33. The molecular weight excluding hydrogens is 450 g/mol. The van der Waals surface area contributed by atoms with Crippen molar-refractivity contribution in [2.75, 3.05) is 7.11 Å². The molecule has 1 heterocycles. The van der Waals surface area contributed by atoms with Gasteiger partial charge in [0.2, 0.25) is 0 Å². The number of methoxy groups -OCH3 is 1. The van der Waals surface area contributed by atoms with Crippen LogP contribution < -0.4 is 19.5 Å². The summed E-state index contributed by atoms with van der Waals surface area (Å²) in [6.45, 7) is 3.87. The first-order valence-electron chi connectivity index (χ1n) is 8.59. The lowest BCUT2D eigenvalue weighted by molar-refractivity contribution is 0.414. The van der Waals surface area contributed by atoms with E-state index in [9.17, 15) is 15.3 Å². The maximum absolute atomic E-state index is 13.3. The lowest BCUT2D eigenvalue weighted by Crippen LogP contribution is -2.31. The average Bonchev–Trinajstić information content (AvgIpc) is 2.99. The van der Waals surface area contributed by atoms with E-state index < -0.39 is 0 Å². The fraction of sp³-hybridized carbons (Fsp3) is 0.136.